The van der Waals surface area contributed by atoms with Crippen molar-refractivity contribution in [2.45, 2.75) is 90.0 Å². The van der Waals surface area contributed by atoms with Gasteiger partial charge in [0.05, 0.1) is 5.54 Å². The number of unbranched alkanes of at least 4 members (excludes halogenated alkanes) is 7. The third-order valence-corrected chi connectivity index (χ3v) is 5.84. The predicted octanol–water partition coefficient (Wildman–Crippen LogP) is 4.75. The van der Waals surface area contributed by atoms with Crippen molar-refractivity contribution < 1.29 is 14.7 Å². The maximum absolute atomic E-state index is 12.2. The third kappa shape index (κ3) is 4.34. The number of allylic oxidation sites excluding steroid dienone is 2. The van der Waals surface area contributed by atoms with Gasteiger partial charge < -0.3 is 10.4 Å². The van der Waals surface area contributed by atoms with Crippen molar-refractivity contribution in [3.05, 3.63) is 23.8 Å². The molecular weight excluding hydrogens is 314 g/mol. The molecule has 0 aromatic heterocycles. The van der Waals surface area contributed by atoms with E-state index in [1.54, 1.807) is 0 Å². The summed E-state index contributed by atoms with van der Waals surface area (Å²) >= 11 is 0. The fraction of sp³-hybridized carbons (Fsp3) is 0.714. The summed E-state index contributed by atoms with van der Waals surface area (Å²) < 4.78 is 0. The second-order valence-corrected chi connectivity index (χ2v) is 7.80. The Kier molecular flexibility index (Phi) is 6.86. The molecule has 1 aliphatic carbocycles. The van der Waals surface area contributed by atoms with Crippen molar-refractivity contribution >= 4 is 11.9 Å². The molecule has 0 saturated carbocycles. The second kappa shape index (κ2) is 8.68. The van der Waals surface area contributed by atoms with E-state index in [0.29, 0.717) is 12.8 Å². The van der Waals surface area contributed by atoms with E-state index < -0.39 is 16.9 Å². The molecule has 2 rings (SSSR count). The molecule has 1 saturated heterocycles. The molecule has 2 unspecified atom stereocenters. The molecule has 1 heterocycles. The summed E-state index contributed by atoms with van der Waals surface area (Å²) in [5.41, 5.74) is -0.747. The standard InChI is InChI=1S/C21H33NO3/c1-3-4-5-6-7-8-9-10-13-20(19(24)25)16-18(23)22-21(20)14-11-12-17(2)15-21/h11-12,15H,3-10,13-14,16H2,1-2H3,(H,22,23)(H,24,25). The van der Waals surface area contributed by atoms with Gasteiger partial charge in [-0.2, -0.15) is 0 Å². The van der Waals surface area contributed by atoms with Crippen LogP contribution in [0.1, 0.15) is 84.5 Å². The van der Waals surface area contributed by atoms with Gasteiger partial charge in [-0.1, -0.05) is 82.1 Å². The Labute approximate surface area is 151 Å². The van der Waals surface area contributed by atoms with Crippen LogP contribution in [0.25, 0.3) is 0 Å². The van der Waals surface area contributed by atoms with Crippen LogP contribution >= 0.6 is 0 Å². The number of amides is 1. The molecule has 25 heavy (non-hydrogen) atoms. The molecule has 2 aliphatic rings. The molecule has 0 aromatic rings. The lowest BCUT2D eigenvalue weighted by atomic mass is 9.64. The topological polar surface area (TPSA) is 66.4 Å². The number of rotatable bonds is 10. The van der Waals surface area contributed by atoms with Crippen LogP contribution in [-0.2, 0) is 9.59 Å². The van der Waals surface area contributed by atoms with Crippen molar-refractivity contribution in [1.82, 2.24) is 5.32 Å². The third-order valence-electron chi connectivity index (χ3n) is 5.84. The minimum absolute atomic E-state index is 0.0937. The number of carboxylic acids is 1. The van der Waals surface area contributed by atoms with E-state index in [9.17, 15) is 14.7 Å². The largest absolute Gasteiger partial charge is 0.481 e. The maximum Gasteiger partial charge on any atom is 0.312 e. The summed E-state index contributed by atoms with van der Waals surface area (Å²) in [6.07, 6.45) is 16.6. The van der Waals surface area contributed by atoms with Crippen LogP contribution in [-0.4, -0.2) is 22.5 Å². The fourth-order valence-electron chi connectivity index (χ4n) is 4.44. The van der Waals surface area contributed by atoms with E-state index >= 15 is 0 Å². The molecule has 1 spiro atoms. The van der Waals surface area contributed by atoms with Gasteiger partial charge in [0.1, 0.15) is 5.41 Å². The summed E-state index contributed by atoms with van der Waals surface area (Å²) in [6, 6.07) is 0. The smallest absolute Gasteiger partial charge is 0.312 e. The average molecular weight is 347 g/mol. The number of hydrogen-bond donors (Lipinski definition) is 2. The Morgan fingerprint density at radius 1 is 1.16 bits per heavy atom. The van der Waals surface area contributed by atoms with E-state index in [1.807, 2.05) is 25.2 Å². The van der Waals surface area contributed by atoms with Crippen LogP contribution in [0.15, 0.2) is 23.8 Å². The molecule has 1 aliphatic heterocycles. The van der Waals surface area contributed by atoms with Gasteiger partial charge in [0.2, 0.25) is 5.91 Å². The molecule has 2 N–H and O–H groups in total. The van der Waals surface area contributed by atoms with Crippen molar-refractivity contribution in [1.29, 1.82) is 0 Å². The monoisotopic (exact) mass is 347 g/mol. The number of carbonyl (C=O) groups excluding carboxylic acids is 1. The zero-order valence-corrected chi connectivity index (χ0v) is 15.8. The van der Waals surface area contributed by atoms with Gasteiger partial charge >= 0.3 is 5.97 Å². The van der Waals surface area contributed by atoms with Crippen molar-refractivity contribution in [2.24, 2.45) is 5.41 Å². The first-order chi connectivity index (χ1) is 12.0. The molecule has 0 radical (unpaired) electrons. The van der Waals surface area contributed by atoms with E-state index in [4.69, 9.17) is 0 Å². The highest BCUT2D eigenvalue weighted by Gasteiger charge is 2.61. The molecule has 2 atom stereocenters. The van der Waals surface area contributed by atoms with E-state index in [0.717, 1.165) is 24.8 Å². The average Bonchev–Trinajstić information content (AvgIpc) is 2.82. The Hall–Kier alpha value is -1.58. The van der Waals surface area contributed by atoms with E-state index in [2.05, 4.69) is 12.2 Å². The highest BCUT2D eigenvalue weighted by Crippen LogP contribution is 2.49. The zero-order valence-electron chi connectivity index (χ0n) is 15.8. The Bertz CT molecular complexity index is 551. The summed E-state index contributed by atoms with van der Waals surface area (Å²) in [4.78, 5) is 24.4. The molecular formula is C21H33NO3. The predicted molar refractivity (Wildman–Crippen MR) is 100 cm³/mol. The lowest BCUT2D eigenvalue weighted by Crippen LogP contribution is -2.55. The van der Waals surface area contributed by atoms with Gasteiger partial charge in [0, 0.05) is 6.42 Å². The quantitative estimate of drug-likeness (QED) is 0.560. The minimum atomic E-state index is -1.02. The van der Waals surface area contributed by atoms with Crippen LogP contribution in [0, 0.1) is 5.41 Å². The summed E-state index contributed by atoms with van der Waals surface area (Å²) in [5.74, 6) is -0.977. The summed E-state index contributed by atoms with van der Waals surface area (Å²) in [5, 5.41) is 13.0. The fourth-order valence-corrected chi connectivity index (χ4v) is 4.44. The number of carbonyl (C=O) groups is 2. The van der Waals surface area contributed by atoms with Gasteiger partial charge in [-0.05, 0) is 19.8 Å². The van der Waals surface area contributed by atoms with Gasteiger partial charge in [0.25, 0.3) is 0 Å². The Morgan fingerprint density at radius 2 is 1.80 bits per heavy atom. The summed E-state index contributed by atoms with van der Waals surface area (Å²) in [6.45, 7) is 4.18. The van der Waals surface area contributed by atoms with Gasteiger partial charge in [-0.3, -0.25) is 9.59 Å². The Balaban J connectivity index is 1.97. The number of nitrogens with one attached hydrogen (secondary N) is 1. The first-order valence-electron chi connectivity index (χ1n) is 9.86. The maximum atomic E-state index is 12.2. The first kappa shape index (κ1) is 19.7. The lowest BCUT2D eigenvalue weighted by Gasteiger charge is -2.41. The normalized spacial score (nSPS) is 28.2. The van der Waals surface area contributed by atoms with Gasteiger partial charge in [-0.25, -0.2) is 0 Å². The van der Waals surface area contributed by atoms with E-state index in [1.165, 1.54) is 32.1 Å². The van der Waals surface area contributed by atoms with Crippen LogP contribution in [0.2, 0.25) is 0 Å². The summed E-state index contributed by atoms with van der Waals surface area (Å²) in [7, 11) is 0. The van der Waals surface area contributed by atoms with E-state index in [-0.39, 0.29) is 12.3 Å². The van der Waals surface area contributed by atoms with Gasteiger partial charge in [-0.15, -0.1) is 0 Å². The second-order valence-electron chi connectivity index (χ2n) is 7.80. The highest BCUT2D eigenvalue weighted by atomic mass is 16.4. The molecule has 0 aromatic carbocycles. The van der Waals surface area contributed by atoms with Crippen LogP contribution in [0.3, 0.4) is 0 Å². The van der Waals surface area contributed by atoms with Crippen LogP contribution in [0.4, 0.5) is 0 Å². The SMILES string of the molecule is CCCCCCCCCCC1(C(=O)O)CC(=O)NC12C=C(C)C=CC2. The lowest BCUT2D eigenvalue weighted by molar-refractivity contribution is -0.152. The van der Waals surface area contributed by atoms with Crippen molar-refractivity contribution in [3.8, 4) is 0 Å². The van der Waals surface area contributed by atoms with Crippen molar-refractivity contribution in [3.63, 3.8) is 0 Å². The van der Waals surface area contributed by atoms with Crippen LogP contribution < -0.4 is 5.32 Å². The number of hydrogen-bond acceptors (Lipinski definition) is 2. The molecule has 4 heteroatoms. The van der Waals surface area contributed by atoms with Gasteiger partial charge in [0.15, 0.2) is 0 Å². The molecule has 140 valence electrons. The minimum Gasteiger partial charge on any atom is -0.481 e. The van der Waals surface area contributed by atoms with Crippen LogP contribution in [0.5, 0.6) is 0 Å². The molecule has 4 nitrogen and oxygen atoms in total. The van der Waals surface area contributed by atoms with Crippen molar-refractivity contribution in [2.75, 3.05) is 0 Å². The number of carboxylic acid groups (broad SMARTS) is 1. The first-order valence-corrected chi connectivity index (χ1v) is 9.86. The Morgan fingerprint density at radius 3 is 2.40 bits per heavy atom. The molecule has 0 bridgehead atoms. The molecule has 1 amide bonds. The molecule has 1 fully saturated rings. The zero-order chi connectivity index (χ0) is 18.3. The highest BCUT2D eigenvalue weighted by molar-refractivity contribution is 5.92. The number of aliphatic carboxylic acids is 1.